The number of nitrogens with one attached hydrogen (secondary N) is 2. The highest BCUT2D eigenvalue weighted by atomic mass is 16.6. The molecule has 1 fully saturated rings. The highest BCUT2D eigenvalue weighted by Gasteiger charge is 2.32. The third-order valence-electron chi connectivity index (χ3n) is 5.10. The van der Waals surface area contributed by atoms with Gasteiger partial charge >= 0.3 is 6.03 Å². The molecule has 0 unspecified atom stereocenters. The van der Waals surface area contributed by atoms with Crippen LogP contribution in [0.15, 0.2) is 24.3 Å². The second kappa shape index (κ2) is 10.3. The van der Waals surface area contributed by atoms with Crippen LogP contribution in [0.25, 0.3) is 0 Å². The maximum atomic E-state index is 12.8. The van der Waals surface area contributed by atoms with Gasteiger partial charge in [-0.1, -0.05) is 26.0 Å². The number of benzene rings is 1. The zero-order chi connectivity index (χ0) is 21.5. The van der Waals surface area contributed by atoms with Crippen molar-refractivity contribution in [3.05, 3.63) is 24.3 Å². The largest absolute Gasteiger partial charge is 0.485 e. The van der Waals surface area contributed by atoms with E-state index in [0.29, 0.717) is 50.1 Å². The van der Waals surface area contributed by atoms with Gasteiger partial charge in [-0.3, -0.25) is 19.8 Å². The molecular formula is C21H30N4O5. The molecule has 9 nitrogen and oxygen atoms in total. The van der Waals surface area contributed by atoms with Crippen LogP contribution in [-0.2, 0) is 9.59 Å². The van der Waals surface area contributed by atoms with Gasteiger partial charge in [0, 0.05) is 32.7 Å². The summed E-state index contributed by atoms with van der Waals surface area (Å²) in [5.74, 6) is 1.24. The Morgan fingerprint density at radius 1 is 1.10 bits per heavy atom. The molecule has 0 aliphatic carbocycles. The fourth-order valence-corrected chi connectivity index (χ4v) is 3.36. The number of nitrogens with zero attached hydrogens (tertiary/aromatic N) is 2. The summed E-state index contributed by atoms with van der Waals surface area (Å²) in [5, 5.41) is 5.03. The highest BCUT2D eigenvalue weighted by Crippen LogP contribution is 2.31. The first-order valence-electron chi connectivity index (χ1n) is 10.4. The molecule has 3 rings (SSSR count). The minimum atomic E-state index is -0.663. The zero-order valence-corrected chi connectivity index (χ0v) is 17.6. The van der Waals surface area contributed by atoms with Crippen molar-refractivity contribution < 1.29 is 23.9 Å². The molecule has 2 aliphatic heterocycles. The van der Waals surface area contributed by atoms with Gasteiger partial charge in [0.15, 0.2) is 11.5 Å². The summed E-state index contributed by atoms with van der Waals surface area (Å²) in [7, 11) is 0. The van der Waals surface area contributed by atoms with Crippen molar-refractivity contribution in [2.75, 3.05) is 45.9 Å². The summed E-state index contributed by atoms with van der Waals surface area (Å²) in [4.78, 5) is 40.2. The van der Waals surface area contributed by atoms with E-state index in [9.17, 15) is 14.4 Å². The van der Waals surface area contributed by atoms with Crippen molar-refractivity contribution in [1.82, 2.24) is 20.4 Å². The SMILES string of the molecule is CC(C)CCNC(=O)NC(=O)CN1CCN(C(=O)[C@@H]2COc3ccccc3O2)CC1. The first-order valence-corrected chi connectivity index (χ1v) is 10.4. The first-order chi connectivity index (χ1) is 14.4. The quantitative estimate of drug-likeness (QED) is 0.710. The molecule has 0 radical (unpaired) electrons. The fourth-order valence-electron chi connectivity index (χ4n) is 3.36. The van der Waals surface area contributed by atoms with Crippen LogP contribution < -0.4 is 20.1 Å². The Morgan fingerprint density at radius 2 is 1.80 bits per heavy atom. The molecule has 1 aromatic rings. The molecule has 0 spiro atoms. The summed E-state index contributed by atoms with van der Waals surface area (Å²) in [6.07, 6.45) is 0.197. The van der Waals surface area contributed by atoms with E-state index in [2.05, 4.69) is 24.5 Å². The summed E-state index contributed by atoms with van der Waals surface area (Å²) in [6.45, 7) is 7.08. The van der Waals surface area contributed by atoms with E-state index in [1.165, 1.54) is 0 Å². The monoisotopic (exact) mass is 418 g/mol. The normalized spacial score (nSPS) is 18.8. The van der Waals surface area contributed by atoms with Gasteiger partial charge < -0.3 is 19.7 Å². The number of carbonyl (C=O) groups is 3. The molecule has 2 N–H and O–H groups in total. The van der Waals surface area contributed by atoms with Gasteiger partial charge in [0.05, 0.1) is 6.54 Å². The number of para-hydroxylation sites is 2. The molecule has 2 aliphatic rings. The Kier molecular flexibility index (Phi) is 7.51. The molecule has 1 saturated heterocycles. The van der Waals surface area contributed by atoms with Gasteiger partial charge in [0.25, 0.3) is 5.91 Å². The number of fused-ring (bicyclic) bond motifs is 1. The second-order valence-corrected chi connectivity index (χ2v) is 7.95. The Bertz CT molecular complexity index is 762. The van der Waals surface area contributed by atoms with E-state index in [1.807, 2.05) is 23.1 Å². The Labute approximate surface area is 176 Å². The van der Waals surface area contributed by atoms with Gasteiger partial charge in [0.2, 0.25) is 12.0 Å². The van der Waals surface area contributed by atoms with Gasteiger partial charge in [0.1, 0.15) is 6.61 Å². The van der Waals surface area contributed by atoms with Crippen LogP contribution in [0.2, 0.25) is 0 Å². The van der Waals surface area contributed by atoms with Crippen LogP contribution in [0.5, 0.6) is 11.5 Å². The maximum absolute atomic E-state index is 12.8. The molecule has 0 saturated carbocycles. The smallest absolute Gasteiger partial charge is 0.321 e. The molecule has 0 bridgehead atoms. The standard InChI is InChI=1S/C21H30N4O5/c1-15(2)7-8-22-21(28)23-19(26)13-24-9-11-25(12-10-24)20(27)18-14-29-16-5-3-4-6-17(16)30-18/h3-6,15,18H,7-14H2,1-2H3,(H2,22,23,26,28)/t18-/m0/s1. The number of ether oxygens (including phenoxy) is 2. The lowest BCUT2D eigenvalue weighted by molar-refractivity contribution is -0.143. The predicted octanol–water partition coefficient (Wildman–Crippen LogP) is 0.843. The van der Waals surface area contributed by atoms with Crippen LogP contribution in [0.4, 0.5) is 4.79 Å². The summed E-state index contributed by atoms with van der Waals surface area (Å²) < 4.78 is 11.4. The molecule has 9 heteroatoms. The molecule has 4 amide bonds. The third-order valence-corrected chi connectivity index (χ3v) is 5.10. The number of carbonyl (C=O) groups excluding carboxylic acids is 3. The van der Waals surface area contributed by atoms with Crippen molar-refractivity contribution in [2.24, 2.45) is 5.92 Å². The van der Waals surface area contributed by atoms with Crippen molar-refractivity contribution in [3.63, 3.8) is 0 Å². The van der Waals surface area contributed by atoms with Gasteiger partial charge in [-0.05, 0) is 24.5 Å². The lowest BCUT2D eigenvalue weighted by Gasteiger charge is -2.36. The Balaban J connectivity index is 1.38. The molecule has 164 valence electrons. The number of piperazine rings is 1. The van der Waals surface area contributed by atoms with Gasteiger partial charge in [-0.25, -0.2) is 4.79 Å². The Morgan fingerprint density at radius 3 is 2.50 bits per heavy atom. The van der Waals surface area contributed by atoms with Gasteiger partial charge in [-0.15, -0.1) is 0 Å². The summed E-state index contributed by atoms with van der Waals surface area (Å²) >= 11 is 0. The molecular weight excluding hydrogens is 388 g/mol. The van der Waals surface area contributed by atoms with E-state index < -0.39 is 12.1 Å². The van der Waals surface area contributed by atoms with Crippen LogP contribution >= 0.6 is 0 Å². The zero-order valence-electron chi connectivity index (χ0n) is 17.6. The average molecular weight is 418 g/mol. The topological polar surface area (TPSA) is 100 Å². The predicted molar refractivity (Wildman–Crippen MR) is 110 cm³/mol. The number of amides is 4. The van der Waals surface area contributed by atoms with Crippen molar-refractivity contribution in [1.29, 1.82) is 0 Å². The molecule has 0 aromatic heterocycles. The van der Waals surface area contributed by atoms with Crippen molar-refractivity contribution in [3.8, 4) is 11.5 Å². The van der Waals surface area contributed by atoms with Crippen LogP contribution in [0, 0.1) is 5.92 Å². The summed E-state index contributed by atoms with van der Waals surface area (Å²) in [5.41, 5.74) is 0. The van der Waals surface area contributed by atoms with E-state index in [4.69, 9.17) is 9.47 Å². The molecule has 1 aromatic carbocycles. The number of hydrogen-bond acceptors (Lipinski definition) is 6. The van der Waals surface area contributed by atoms with Crippen molar-refractivity contribution >= 4 is 17.8 Å². The third kappa shape index (κ3) is 6.09. The van der Waals surface area contributed by atoms with Crippen molar-refractivity contribution in [2.45, 2.75) is 26.4 Å². The lowest BCUT2D eigenvalue weighted by Crippen LogP contribution is -2.55. The van der Waals surface area contributed by atoms with E-state index in [0.717, 1.165) is 6.42 Å². The highest BCUT2D eigenvalue weighted by molar-refractivity contribution is 5.95. The fraction of sp³-hybridized carbons (Fsp3) is 0.571. The Hall–Kier alpha value is -2.81. The molecule has 2 heterocycles. The molecule has 30 heavy (non-hydrogen) atoms. The molecule has 1 atom stereocenters. The average Bonchev–Trinajstić information content (AvgIpc) is 2.73. The minimum absolute atomic E-state index is 0.113. The van der Waals surface area contributed by atoms with Crippen LogP contribution in [0.3, 0.4) is 0 Å². The second-order valence-electron chi connectivity index (χ2n) is 7.95. The summed E-state index contributed by atoms with van der Waals surface area (Å²) in [6, 6.07) is 6.82. The number of imide groups is 1. The van der Waals surface area contributed by atoms with E-state index in [-0.39, 0.29) is 25.0 Å². The van der Waals surface area contributed by atoms with E-state index in [1.54, 1.807) is 11.0 Å². The first kappa shape index (κ1) is 21.9. The lowest BCUT2D eigenvalue weighted by atomic mass is 10.1. The minimum Gasteiger partial charge on any atom is -0.485 e. The maximum Gasteiger partial charge on any atom is 0.321 e. The van der Waals surface area contributed by atoms with Crippen LogP contribution in [-0.4, -0.2) is 79.6 Å². The number of urea groups is 1. The van der Waals surface area contributed by atoms with Gasteiger partial charge in [-0.2, -0.15) is 0 Å². The number of rotatable bonds is 6. The van der Waals surface area contributed by atoms with Crippen LogP contribution in [0.1, 0.15) is 20.3 Å². The number of hydrogen-bond donors (Lipinski definition) is 2. The van der Waals surface area contributed by atoms with E-state index >= 15 is 0 Å².